The first-order valence-corrected chi connectivity index (χ1v) is 7.71. The second kappa shape index (κ2) is 8.84. The molecule has 1 aromatic carbocycles. The maximum Gasteiger partial charge on any atom is 0.224 e. The number of hydrogen-bond donors (Lipinski definition) is 4. The molecule has 6 heteroatoms. The Morgan fingerprint density at radius 3 is 2.90 bits per heavy atom. The van der Waals surface area contributed by atoms with Crippen molar-refractivity contribution in [3.63, 3.8) is 0 Å². The standard InChI is InChI=1S/C14H22N2O3S/c1-10-7-11(15)4-5-13(10)16-14(19)3-2-6-20-9-12(18)8-17/h4-5,7,12,17-18H,2-3,6,8-9,15H2,1H3,(H,16,19). The molecule has 0 saturated carbocycles. The van der Waals surface area contributed by atoms with Crippen molar-refractivity contribution in [3.05, 3.63) is 23.8 Å². The molecule has 0 saturated heterocycles. The van der Waals surface area contributed by atoms with Crippen molar-refractivity contribution in [2.45, 2.75) is 25.9 Å². The molecule has 112 valence electrons. The van der Waals surface area contributed by atoms with Gasteiger partial charge in [0.25, 0.3) is 0 Å². The number of carbonyl (C=O) groups excluding carboxylic acids is 1. The fourth-order valence-electron chi connectivity index (χ4n) is 1.65. The van der Waals surface area contributed by atoms with Crippen LogP contribution in [0.5, 0.6) is 0 Å². The summed E-state index contributed by atoms with van der Waals surface area (Å²) in [7, 11) is 0. The van der Waals surface area contributed by atoms with E-state index in [4.69, 9.17) is 15.9 Å². The molecule has 0 aliphatic rings. The molecule has 5 N–H and O–H groups in total. The molecule has 1 unspecified atom stereocenters. The number of nitrogens with one attached hydrogen (secondary N) is 1. The van der Waals surface area contributed by atoms with Gasteiger partial charge in [-0.25, -0.2) is 0 Å². The Morgan fingerprint density at radius 2 is 2.25 bits per heavy atom. The summed E-state index contributed by atoms with van der Waals surface area (Å²) in [6.45, 7) is 1.68. The van der Waals surface area contributed by atoms with Gasteiger partial charge in [-0.3, -0.25) is 4.79 Å². The Hall–Kier alpha value is -1.24. The fourth-order valence-corrected chi connectivity index (χ4v) is 2.54. The Labute approximate surface area is 123 Å². The summed E-state index contributed by atoms with van der Waals surface area (Å²) in [5.41, 5.74) is 8.06. The van der Waals surface area contributed by atoms with Gasteiger partial charge in [-0.15, -0.1) is 0 Å². The van der Waals surface area contributed by atoms with Crippen LogP contribution < -0.4 is 11.1 Å². The number of amides is 1. The van der Waals surface area contributed by atoms with Gasteiger partial charge in [0.2, 0.25) is 5.91 Å². The first-order chi connectivity index (χ1) is 9.52. The number of aliphatic hydroxyl groups is 2. The largest absolute Gasteiger partial charge is 0.399 e. The number of aryl methyl sites for hydroxylation is 1. The van der Waals surface area contributed by atoms with Gasteiger partial charge in [-0.1, -0.05) is 0 Å². The number of nitrogen functional groups attached to an aromatic ring is 1. The van der Waals surface area contributed by atoms with Crippen LogP contribution in [0, 0.1) is 6.92 Å². The summed E-state index contributed by atoms with van der Waals surface area (Å²) in [5, 5.41) is 20.7. The molecule has 1 rings (SSSR count). The molecule has 0 bridgehead atoms. The summed E-state index contributed by atoms with van der Waals surface area (Å²) >= 11 is 1.53. The lowest BCUT2D eigenvalue weighted by Gasteiger charge is -2.09. The van der Waals surface area contributed by atoms with Crippen LogP contribution in [0.4, 0.5) is 11.4 Å². The number of carbonyl (C=O) groups is 1. The van der Waals surface area contributed by atoms with Crippen molar-refractivity contribution in [3.8, 4) is 0 Å². The topological polar surface area (TPSA) is 95.6 Å². The SMILES string of the molecule is Cc1cc(N)ccc1NC(=O)CCCSCC(O)CO. The van der Waals surface area contributed by atoms with Crippen molar-refractivity contribution < 1.29 is 15.0 Å². The van der Waals surface area contributed by atoms with E-state index in [1.807, 2.05) is 13.0 Å². The third kappa shape index (κ3) is 6.27. The molecule has 5 nitrogen and oxygen atoms in total. The van der Waals surface area contributed by atoms with Crippen LogP contribution in [-0.2, 0) is 4.79 Å². The van der Waals surface area contributed by atoms with Gasteiger partial charge < -0.3 is 21.3 Å². The fraction of sp³-hybridized carbons (Fsp3) is 0.500. The smallest absolute Gasteiger partial charge is 0.224 e. The summed E-state index contributed by atoms with van der Waals surface area (Å²) in [5.74, 6) is 1.25. The predicted molar refractivity (Wildman–Crippen MR) is 83.9 cm³/mol. The molecule has 0 aromatic heterocycles. The quantitative estimate of drug-likeness (QED) is 0.429. The van der Waals surface area contributed by atoms with E-state index >= 15 is 0 Å². The number of anilines is 2. The summed E-state index contributed by atoms with van der Waals surface area (Å²) in [6, 6.07) is 5.38. The highest BCUT2D eigenvalue weighted by Crippen LogP contribution is 2.18. The molecule has 0 heterocycles. The molecule has 1 aromatic rings. The van der Waals surface area contributed by atoms with Crippen LogP contribution >= 0.6 is 11.8 Å². The number of thioether (sulfide) groups is 1. The van der Waals surface area contributed by atoms with Crippen LogP contribution in [0.15, 0.2) is 18.2 Å². The number of hydrogen-bond acceptors (Lipinski definition) is 5. The number of aliphatic hydroxyl groups excluding tert-OH is 2. The average Bonchev–Trinajstić information content (AvgIpc) is 2.41. The van der Waals surface area contributed by atoms with Gasteiger partial charge in [0.1, 0.15) is 0 Å². The number of benzene rings is 1. The van der Waals surface area contributed by atoms with E-state index in [0.717, 1.165) is 23.4 Å². The van der Waals surface area contributed by atoms with Gasteiger partial charge in [-0.05, 0) is 42.9 Å². The molecule has 0 aliphatic carbocycles. The molecule has 1 amide bonds. The third-order valence-electron chi connectivity index (χ3n) is 2.74. The second-order valence-corrected chi connectivity index (χ2v) is 5.79. The lowest BCUT2D eigenvalue weighted by molar-refractivity contribution is -0.116. The van der Waals surface area contributed by atoms with Crippen molar-refractivity contribution >= 4 is 29.0 Å². The Balaban J connectivity index is 2.23. The van der Waals surface area contributed by atoms with Crippen molar-refractivity contribution in [1.82, 2.24) is 0 Å². The van der Waals surface area contributed by atoms with Gasteiger partial charge in [0.15, 0.2) is 0 Å². The molecular formula is C14H22N2O3S. The molecule has 0 radical (unpaired) electrons. The first-order valence-electron chi connectivity index (χ1n) is 6.55. The zero-order valence-electron chi connectivity index (χ0n) is 11.6. The van der Waals surface area contributed by atoms with Gasteiger partial charge in [0, 0.05) is 23.5 Å². The summed E-state index contributed by atoms with van der Waals surface area (Å²) in [6.07, 6.45) is 0.501. The van der Waals surface area contributed by atoms with Gasteiger partial charge in [-0.2, -0.15) is 11.8 Å². The Bertz CT molecular complexity index is 440. The summed E-state index contributed by atoms with van der Waals surface area (Å²) in [4.78, 5) is 11.8. The molecule has 0 fully saturated rings. The maximum atomic E-state index is 11.8. The van der Waals surface area contributed by atoms with Crippen molar-refractivity contribution in [2.24, 2.45) is 0 Å². The van der Waals surface area contributed by atoms with E-state index in [1.165, 1.54) is 11.8 Å². The molecular weight excluding hydrogens is 276 g/mol. The molecule has 20 heavy (non-hydrogen) atoms. The Kier molecular flexibility index (Phi) is 7.43. The van der Waals surface area contributed by atoms with E-state index in [0.29, 0.717) is 17.9 Å². The normalized spacial score (nSPS) is 12.2. The highest BCUT2D eigenvalue weighted by atomic mass is 32.2. The molecule has 0 aliphatic heterocycles. The average molecular weight is 298 g/mol. The first kappa shape index (κ1) is 16.8. The van der Waals surface area contributed by atoms with Crippen LogP contribution in [0.25, 0.3) is 0 Å². The monoisotopic (exact) mass is 298 g/mol. The van der Waals surface area contributed by atoms with E-state index in [2.05, 4.69) is 5.32 Å². The summed E-state index contributed by atoms with van der Waals surface area (Å²) < 4.78 is 0. The van der Waals surface area contributed by atoms with E-state index in [1.54, 1.807) is 12.1 Å². The minimum Gasteiger partial charge on any atom is -0.399 e. The zero-order chi connectivity index (χ0) is 15.0. The number of nitrogens with two attached hydrogens (primary N) is 1. The van der Waals surface area contributed by atoms with Crippen LogP contribution in [-0.4, -0.2) is 40.3 Å². The van der Waals surface area contributed by atoms with E-state index in [9.17, 15) is 4.79 Å². The molecule has 1 atom stereocenters. The minimum atomic E-state index is -0.675. The van der Waals surface area contributed by atoms with Gasteiger partial charge in [0.05, 0.1) is 12.7 Å². The third-order valence-corrected chi connectivity index (χ3v) is 3.94. The number of rotatable bonds is 8. The van der Waals surface area contributed by atoms with Crippen molar-refractivity contribution in [1.29, 1.82) is 0 Å². The van der Waals surface area contributed by atoms with E-state index in [-0.39, 0.29) is 12.5 Å². The van der Waals surface area contributed by atoms with Gasteiger partial charge >= 0.3 is 0 Å². The minimum absolute atomic E-state index is 0.0267. The van der Waals surface area contributed by atoms with Crippen LogP contribution in [0.2, 0.25) is 0 Å². The van der Waals surface area contributed by atoms with Crippen LogP contribution in [0.3, 0.4) is 0 Å². The zero-order valence-corrected chi connectivity index (χ0v) is 12.4. The lowest BCUT2D eigenvalue weighted by atomic mass is 10.1. The predicted octanol–water partition coefficient (Wildman–Crippen LogP) is 1.38. The Morgan fingerprint density at radius 1 is 1.50 bits per heavy atom. The second-order valence-electron chi connectivity index (χ2n) is 4.64. The highest BCUT2D eigenvalue weighted by molar-refractivity contribution is 7.99. The van der Waals surface area contributed by atoms with Crippen LogP contribution in [0.1, 0.15) is 18.4 Å². The maximum absolute atomic E-state index is 11.8. The molecule has 0 spiro atoms. The van der Waals surface area contributed by atoms with E-state index < -0.39 is 6.10 Å². The lowest BCUT2D eigenvalue weighted by Crippen LogP contribution is -2.15. The highest BCUT2D eigenvalue weighted by Gasteiger charge is 2.06. The van der Waals surface area contributed by atoms with Crippen molar-refractivity contribution in [2.75, 3.05) is 29.2 Å².